The molecule has 23 heavy (non-hydrogen) atoms. The molecule has 5 heteroatoms. The van der Waals surface area contributed by atoms with Crippen LogP contribution in [0.3, 0.4) is 0 Å². The van der Waals surface area contributed by atoms with Gasteiger partial charge in [-0.05, 0) is 12.1 Å². The maximum atomic E-state index is 4.82. The third-order valence-corrected chi connectivity index (χ3v) is 4.53. The first-order valence-corrected chi connectivity index (χ1v) is 8.08. The van der Waals surface area contributed by atoms with Gasteiger partial charge in [0.2, 0.25) is 0 Å². The van der Waals surface area contributed by atoms with Gasteiger partial charge in [-0.2, -0.15) is 0 Å². The average Bonchev–Trinajstić information content (AvgIpc) is 3.01. The molecular weight excluding hydrogens is 286 g/mol. The van der Waals surface area contributed by atoms with Crippen molar-refractivity contribution in [3.05, 3.63) is 60.3 Å². The summed E-state index contributed by atoms with van der Waals surface area (Å²) in [6.07, 6.45) is 3.88. The van der Waals surface area contributed by atoms with Gasteiger partial charge in [0.05, 0.1) is 17.3 Å². The minimum atomic E-state index is 0.289. The lowest BCUT2D eigenvalue weighted by Gasteiger charge is -2.35. The fourth-order valence-electron chi connectivity index (χ4n) is 3.29. The minimum Gasteiger partial charge on any atom is -0.337 e. The van der Waals surface area contributed by atoms with Crippen molar-refractivity contribution in [2.24, 2.45) is 7.05 Å². The first-order chi connectivity index (χ1) is 11.3. The highest BCUT2D eigenvalue weighted by atomic mass is 15.3. The molecule has 0 bridgehead atoms. The van der Waals surface area contributed by atoms with Crippen molar-refractivity contribution in [2.45, 2.75) is 12.6 Å². The quantitative estimate of drug-likeness (QED) is 0.805. The van der Waals surface area contributed by atoms with Crippen molar-refractivity contribution >= 4 is 10.9 Å². The molecule has 1 fully saturated rings. The number of rotatable bonds is 3. The van der Waals surface area contributed by atoms with Gasteiger partial charge in [0.15, 0.2) is 0 Å². The number of nitrogens with one attached hydrogen (secondary N) is 1. The van der Waals surface area contributed by atoms with Gasteiger partial charge in [-0.25, -0.2) is 4.98 Å². The lowest BCUT2D eigenvalue weighted by Crippen LogP contribution is -2.46. The van der Waals surface area contributed by atoms with Gasteiger partial charge in [-0.1, -0.05) is 24.3 Å². The Hall–Kier alpha value is -2.24. The van der Waals surface area contributed by atoms with Crippen LogP contribution >= 0.6 is 0 Å². The fourth-order valence-corrected chi connectivity index (χ4v) is 3.29. The molecule has 0 aliphatic carbocycles. The number of pyridine rings is 1. The summed E-state index contributed by atoms with van der Waals surface area (Å²) in [5, 5.41) is 4.67. The van der Waals surface area contributed by atoms with Gasteiger partial charge in [-0.15, -0.1) is 0 Å². The molecule has 1 aliphatic rings. The summed E-state index contributed by atoms with van der Waals surface area (Å²) >= 11 is 0. The molecule has 118 valence electrons. The molecule has 1 atom stereocenters. The SMILES string of the molecule is Cn1ccnc1C1CNCCN1Cc1ccc2ccccc2n1. The summed E-state index contributed by atoms with van der Waals surface area (Å²) in [4.78, 5) is 11.8. The van der Waals surface area contributed by atoms with Crippen molar-refractivity contribution in [1.29, 1.82) is 0 Å². The highest BCUT2D eigenvalue weighted by Crippen LogP contribution is 2.23. The molecule has 1 aromatic carbocycles. The molecule has 0 radical (unpaired) electrons. The van der Waals surface area contributed by atoms with E-state index >= 15 is 0 Å². The van der Waals surface area contributed by atoms with Crippen LogP contribution in [-0.2, 0) is 13.6 Å². The number of para-hydroxylation sites is 1. The molecule has 5 nitrogen and oxygen atoms in total. The maximum absolute atomic E-state index is 4.82. The zero-order valence-corrected chi connectivity index (χ0v) is 13.3. The van der Waals surface area contributed by atoms with Crippen LogP contribution in [0, 0.1) is 0 Å². The normalized spacial score (nSPS) is 19.3. The van der Waals surface area contributed by atoms with Crippen LogP contribution in [0.25, 0.3) is 10.9 Å². The third kappa shape index (κ3) is 2.85. The number of piperazine rings is 1. The molecule has 3 aromatic rings. The predicted molar refractivity (Wildman–Crippen MR) is 91.0 cm³/mol. The van der Waals surface area contributed by atoms with Crippen LogP contribution in [-0.4, -0.2) is 39.1 Å². The highest BCUT2D eigenvalue weighted by Gasteiger charge is 2.26. The third-order valence-electron chi connectivity index (χ3n) is 4.53. The second-order valence-electron chi connectivity index (χ2n) is 6.08. The first-order valence-electron chi connectivity index (χ1n) is 8.08. The van der Waals surface area contributed by atoms with E-state index in [1.165, 1.54) is 5.39 Å². The minimum absolute atomic E-state index is 0.289. The lowest BCUT2D eigenvalue weighted by atomic mass is 10.1. The van der Waals surface area contributed by atoms with Gasteiger partial charge in [0, 0.05) is 51.0 Å². The maximum Gasteiger partial charge on any atom is 0.127 e. The Bertz CT molecular complexity index is 810. The van der Waals surface area contributed by atoms with Gasteiger partial charge in [0.1, 0.15) is 5.82 Å². The molecule has 0 spiro atoms. The summed E-state index contributed by atoms with van der Waals surface area (Å²) in [5.41, 5.74) is 2.18. The van der Waals surface area contributed by atoms with E-state index in [1.54, 1.807) is 0 Å². The number of hydrogen-bond acceptors (Lipinski definition) is 4. The Balaban J connectivity index is 1.61. The van der Waals surface area contributed by atoms with Crippen molar-refractivity contribution in [3.8, 4) is 0 Å². The van der Waals surface area contributed by atoms with Crippen LogP contribution in [0.4, 0.5) is 0 Å². The van der Waals surface area contributed by atoms with E-state index in [-0.39, 0.29) is 6.04 Å². The number of aryl methyl sites for hydroxylation is 1. The monoisotopic (exact) mass is 307 g/mol. The summed E-state index contributed by atoms with van der Waals surface area (Å²) in [5.74, 6) is 1.11. The number of hydrogen-bond donors (Lipinski definition) is 1. The largest absolute Gasteiger partial charge is 0.337 e. The molecule has 1 aliphatic heterocycles. The molecule has 3 heterocycles. The Kier molecular flexibility index (Phi) is 3.81. The van der Waals surface area contributed by atoms with Crippen LogP contribution in [0.2, 0.25) is 0 Å². The van der Waals surface area contributed by atoms with E-state index in [9.17, 15) is 0 Å². The molecular formula is C18H21N5. The lowest BCUT2D eigenvalue weighted by molar-refractivity contribution is 0.143. The zero-order valence-electron chi connectivity index (χ0n) is 13.3. The fraction of sp³-hybridized carbons (Fsp3) is 0.333. The van der Waals surface area contributed by atoms with Gasteiger partial charge in [-0.3, -0.25) is 9.88 Å². The molecule has 1 saturated heterocycles. The molecule has 2 aromatic heterocycles. The second-order valence-corrected chi connectivity index (χ2v) is 6.08. The molecule has 1 unspecified atom stereocenters. The van der Waals surface area contributed by atoms with Gasteiger partial charge in [0.25, 0.3) is 0 Å². The first kappa shape index (κ1) is 14.4. The van der Waals surface area contributed by atoms with E-state index in [4.69, 9.17) is 4.98 Å². The number of benzene rings is 1. The smallest absolute Gasteiger partial charge is 0.127 e. The predicted octanol–water partition coefficient (Wildman–Crippen LogP) is 2.11. The van der Waals surface area contributed by atoms with Crippen LogP contribution in [0.15, 0.2) is 48.8 Å². The standard InChI is InChI=1S/C18H21N5/c1-22-10-9-20-18(22)17-12-19-8-11-23(17)13-15-7-6-14-4-2-3-5-16(14)21-15/h2-7,9-10,17,19H,8,11-13H2,1H3. The van der Waals surface area contributed by atoms with E-state index in [1.807, 2.05) is 18.5 Å². The van der Waals surface area contributed by atoms with E-state index < -0.39 is 0 Å². The van der Waals surface area contributed by atoms with Crippen LogP contribution in [0.5, 0.6) is 0 Å². The summed E-state index contributed by atoms with van der Waals surface area (Å²) < 4.78 is 2.11. The zero-order chi connectivity index (χ0) is 15.6. The van der Waals surface area contributed by atoms with Gasteiger partial charge >= 0.3 is 0 Å². The van der Waals surface area contributed by atoms with Gasteiger partial charge < -0.3 is 9.88 Å². The summed E-state index contributed by atoms with van der Waals surface area (Å²) in [6.45, 7) is 3.79. The topological polar surface area (TPSA) is 46.0 Å². The van der Waals surface area contributed by atoms with Crippen molar-refractivity contribution < 1.29 is 0 Å². The molecule has 0 saturated carbocycles. The summed E-state index contributed by atoms with van der Waals surface area (Å²) in [6, 6.07) is 12.9. The Morgan fingerprint density at radius 2 is 2.13 bits per heavy atom. The Labute approximate surface area is 136 Å². The average molecular weight is 307 g/mol. The van der Waals surface area contributed by atoms with E-state index in [0.717, 1.165) is 43.2 Å². The second kappa shape index (κ2) is 6.10. The van der Waals surface area contributed by atoms with Crippen molar-refractivity contribution in [1.82, 2.24) is 24.8 Å². The van der Waals surface area contributed by atoms with E-state index in [0.29, 0.717) is 0 Å². The Morgan fingerprint density at radius 1 is 1.22 bits per heavy atom. The van der Waals surface area contributed by atoms with Crippen molar-refractivity contribution in [2.75, 3.05) is 19.6 Å². The highest BCUT2D eigenvalue weighted by molar-refractivity contribution is 5.78. The molecule has 4 rings (SSSR count). The number of aromatic nitrogens is 3. The van der Waals surface area contributed by atoms with Crippen molar-refractivity contribution in [3.63, 3.8) is 0 Å². The van der Waals surface area contributed by atoms with E-state index in [2.05, 4.69) is 57.1 Å². The number of imidazole rings is 1. The van der Waals surface area contributed by atoms with Crippen LogP contribution < -0.4 is 5.32 Å². The molecule has 1 N–H and O–H groups in total. The Morgan fingerprint density at radius 3 is 3.00 bits per heavy atom. The number of fused-ring (bicyclic) bond motifs is 1. The molecule has 0 amide bonds. The number of nitrogens with zero attached hydrogens (tertiary/aromatic N) is 4. The van der Waals surface area contributed by atoms with Crippen LogP contribution in [0.1, 0.15) is 17.6 Å². The summed E-state index contributed by atoms with van der Waals surface area (Å²) in [7, 11) is 2.06.